The minimum absolute atomic E-state index is 0.359. The summed E-state index contributed by atoms with van der Waals surface area (Å²) in [5, 5.41) is 12.2. The summed E-state index contributed by atoms with van der Waals surface area (Å²) in [7, 11) is 1.63. The maximum absolute atomic E-state index is 13.2. The molecular formula is C28H31NO5S. The summed E-state index contributed by atoms with van der Waals surface area (Å²) in [6, 6.07) is 20.1. The Bertz CT molecular complexity index is 1160. The van der Waals surface area contributed by atoms with E-state index in [0.717, 1.165) is 33.6 Å². The second kappa shape index (κ2) is 13.0. The molecule has 0 aromatic heterocycles. The van der Waals surface area contributed by atoms with Crippen LogP contribution < -0.4 is 10.1 Å². The molecule has 0 aliphatic heterocycles. The molecule has 0 bridgehead atoms. The van der Waals surface area contributed by atoms with Gasteiger partial charge < -0.3 is 19.9 Å². The lowest BCUT2D eigenvalue weighted by Crippen LogP contribution is -2.41. The lowest BCUT2D eigenvalue weighted by molar-refractivity contribution is -0.139. The second-order valence-electron chi connectivity index (χ2n) is 8.18. The third-order valence-electron chi connectivity index (χ3n) is 5.65. The Morgan fingerprint density at radius 2 is 1.71 bits per heavy atom. The van der Waals surface area contributed by atoms with Gasteiger partial charge in [0, 0.05) is 5.56 Å². The first kappa shape index (κ1) is 26.3. The Kier molecular flexibility index (Phi) is 9.76. The van der Waals surface area contributed by atoms with Gasteiger partial charge in [0.15, 0.2) is 0 Å². The number of carboxylic acid groups (broad SMARTS) is 1. The number of carboxylic acids is 1. The number of methoxy groups -OCH3 is 1. The van der Waals surface area contributed by atoms with Gasteiger partial charge in [-0.3, -0.25) is 4.79 Å². The van der Waals surface area contributed by atoms with Crippen LogP contribution in [0, 0.1) is 6.92 Å². The summed E-state index contributed by atoms with van der Waals surface area (Å²) in [6.07, 6.45) is 2.27. The summed E-state index contributed by atoms with van der Waals surface area (Å²) in [4.78, 5) is 24.8. The van der Waals surface area contributed by atoms with Crippen LogP contribution in [-0.2, 0) is 22.7 Å². The number of benzene rings is 3. The zero-order valence-electron chi connectivity index (χ0n) is 20.2. The van der Waals surface area contributed by atoms with E-state index in [-0.39, 0.29) is 0 Å². The standard InChI is InChI=1S/C28H31NO5S/c1-19-7-4-5-10-23(19)25-16-21(18-34-17-20-8-6-9-22(15-20)33-2)11-12-24(25)27(30)29-26(28(31)32)13-14-35-3/h4-12,15-16,26H,13-14,17-18H2,1-3H3,(H,29,30)(H,31,32)/t26-/m0/s1. The predicted octanol–water partition coefficient (Wildman–Crippen LogP) is 5.32. The van der Waals surface area contributed by atoms with Crippen molar-refractivity contribution in [3.05, 3.63) is 89.0 Å². The summed E-state index contributed by atoms with van der Waals surface area (Å²) < 4.78 is 11.2. The quantitative estimate of drug-likeness (QED) is 0.355. The highest BCUT2D eigenvalue weighted by atomic mass is 32.2. The van der Waals surface area contributed by atoms with Gasteiger partial charge in [-0.2, -0.15) is 11.8 Å². The fraction of sp³-hybridized carbons (Fsp3) is 0.286. The van der Waals surface area contributed by atoms with E-state index in [2.05, 4.69) is 5.32 Å². The SMILES string of the molecule is COc1cccc(COCc2ccc(C(=O)N[C@@H](CCSC)C(=O)O)c(-c3ccccc3C)c2)c1. The Balaban J connectivity index is 1.83. The highest BCUT2D eigenvalue weighted by molar-refractivity contribution is 7.98. The normalized spacial score (nSPS) is 11.6. The van der Waals surface area contributed by atoms with Crippen molar-refractivity contribution >= 4 is 23.6 Å². The first-order valence-corrected chi connectivity index (χ1v) is 12.7. The average Bonchev–Trinajstić information content (AvgIpc) is 2.86. The Labute approximate surface area is 210 Å². The largest absolute Gasteiger partial charge is 0.497 e. The summed E-state index contributed by atoms with van der Waals surface area (Å²) in [5.41, 5.74) is 5.05. The molecule has 1 atom stereocenters. The van der Waals surface area contributed by atoms with Crippen LogP contribution in [0.1, 0.15) is 33.5 Å². The number of rotatable bonds is 12. The van der Waals surface area contributed by atoms with Crippen LogP contribution in [0.25, 0.3) is 11.1 Å². The van der Waals surface area contributed by atoms with Gasteiger partial charge >= 0.3 is 5.97 Å². The number of amides is 1. The van der Waals surface area contributed by atoms with E-state index >= 15 is 0 Å². The molecule has 0 heterocycles. The van der Waals surface area contributed by atoms with Crippen molar-refractivity contribution in [3.8, 4) is 16.9 Å². The molecule has 2 N–H and O–H groups in total. The Morgan fingerprint density at radius 1 is 0.971 bits per heavy atom. The van der Waals surface area contributed by atoms with Crippen LogP contribution in [0.4, 0.5) is 0 Å². The highest BCUT2D eigenvalue weighted by Crippen LogP contribution is 2.29. The molecule has 0 aliphatic carbocycles. The van der Waals surface area contributed by atoms with Gasteiger partial charge in [0.1, 0.15) is 11.8 Å². The fourth-order valence-corrected chi connectivity index (χ4v) is 4.23. The maximum Gasteiger partial charge on any atom is 0.326 e. The molecule has 3 aromatic carbocycles. The van der Waals surface area contributed by atoms with Crippen LogP contribution in [0.5, 0.6) is 5.75 Å². The number of ether oxygens (including phenoxy) is 2. The van der Waals surface area contributed by atoms with Crippen LogP contribution in [0.2, 0.25) is 0 Å². The highest BCUT2D eigenvalue weighted by Gasteiger charge is 2.22. The van der Waals surface area contributed by atoms with E-state index in [9.17, 15) is 14.7 Å². The molecule has 0 aliphatic rings. The predicted molar refractivity (Wildman–Crippen MR) is 140 cm³/mol. The van der Waals surface area contributed by atoms with Gasteiger partial charge in [0.05, 0.1) is 20.3 Å². The molecule has 0 saturated heterocycles. The zero-order valence-corrected chi connectivity index (χ0v) is 21.1. The molecule has 0 unspecified atom stereocenters. The lowest BCUT2D eigenvalue weighted by Gasteiger charge is -2.18. The number of thioether (sulfide) groups is 1. The molecule has 0 fully saturated rings. The molecule has 7 heteroatoms. The fourth-order valence-electron chi connectivity index (χ4n) is 3.76. The minimum atomic E-state index is -1.03. The summed E-state index contributed by atoms with van der Waals surface area (Å²) >= 11 is 1.55. The second-order valence-corrected chi connectivity index (χ2v) is 9.17. The minimum Gasteiger partial charge on any atom is -0.497 e. The topological polar surface area (TPSA) is 84.9 Å². The van der Waals surface area contributed by atoms with E-state index in [0.29, 0.717) is 31.0 Å². The van der Waals surface area contributed by atoms with Crippen LogP contribution in [0.15, 0.2) is 66.7 Å². The number of hydrogen-bond donors (Lipinski definition) is 2. The van der Waals surface area contributed by atoms with E-state index in [1.54, 1.807) is 24.9 Å². The number of hydrogen-bond acceptors (Lipinski definition) is 5. The van der Waals surface area contributed by atoms with Gasteiger partial charge in [0.25, 0.3) is 5.91 Å². The third kappa shape index (κ3) is 7.34. The molecule has 0 radical (unpaired) electrons. The molecule has 1 amide bonds. The molecule has 35 heavy (non-hydrogen) atoms. The maximum atomic E-state index is 13.2. The molecule has 3 aromatic rings. The van der Waals surface area contributed by atoms with Gasteiger partial charge in [-0.1, -0.05) is 42.5 Å². The number of aryl methyl sites for hydroxylation is 1. The smallest absolute Gasteiger partial charge is 0.326 e. The van der Waals surface area contributed by atoms with E-state index in [1.165, 1.54) is 0 Å². The van der Waals surface area contributed by atoms with Crippen LogP contribution in [0.3, 0.4) is 0 Å². The average molecular weight is 494 g/mol. The Morgan fingerprint density at radius 3 is 2.40 bits per heavy atom. The van der Waals surface area contributed by atoms with Crippen molar-refractivity contribution in [3.63, 3.8) is 0 Å². The van der Waals surface area contributed by atoms with Gasteiger partial charge in [-0.25, -0.2) is 4.79 Å². The van der Waals surface area contributed by atoms with Crippen LogP contribution in [-0.4, -0.2) is 42.1 Å². The summed E-state index contributed by atoms with van der Waals surface area (Å²) in [6.45, 7) is 2.78. The van der Waals surface area contributed by atoms with Gasteiger partial charge in [-0.05, 0) is 77.4 Å². The van der Waals surface area contributed by atoms with Crippen molar-refractivity contribution < 1.29 is 24.2 Å². The van der Waals surface area contributed by atoms with Gasteiger partial charge in [-0.15, -0.1) is 0 Å². The number of aliphatic carboxylic acids is 1. The zero-order chi connectivity index (χ0) is 25.2. The van der Waals surface area contributed by atoms with E-state index < -0.39 is 17.9 Å². The molecule has 184 valence electrons. The van der Waals surface area contributed by atoms with Crippen molar-refractivity contribution in [1.29, 1.82) is 0 Å². The monoisotopic (exact) mass is 493 g/mol. The number of carbonyl (C=O) groups excluding carboxylic acids is 1. The molecule has 6 nitrogen and oxygen atoms in total. The first-order valence-electron chi connectivity index (χ1n) is 11.3. The lowest BCUT2D eigenvalue weighted by atomic mass is 9.93. The first-order chi connectivity index (χ1) is 16.9. The van der Waals surface area contributed by atoms with Crippen molar-refractivity contribution in [2.75, 3.05) is 19.1 Å². The molecule has 0 saturated carbocycles. The van der Waals surface area contributed by atoms with E-state index in [4.69, 9.17) is 9.47 Å². The number of carbonyl (C=O) groups is 2. The van der Waals surface area contributed by atoms with Crippen molar-refractivity contribution in [2.24, 2.45) is 0 Å². The molecule has 0 spiro atoms. The van der Waals surface area contributed by atoms with E-state index in [1.807, 2.05) is 73.8 Å². The Hall–Kier alpha value is -3.29. The third-order valence-corrected chi connectivity index (χ3v) is 6.29. The van der Waals surface area contributed by atoms with Crippen LogP contribution >= 0.6 is 11.8 Å². The molecular weight excluding hydrogens is 462 g/mol. The van der Waals surface area contributed by atoms with Crippen molar-refractivity contribution in [2.45, 2.75) is 32.6 Å². The van der Waals surface area contributed by atoms with Gasteiger partial charge in [0.2, 0.25) is 0 Å². The molecule has 3 rings (SSSR count). The number of nitrogens with one attached hydrogen (secondary N) is 1. The summed E-state index contributed by atoms with van der Waals surface area (Å²) in [5.74, 6) is -0.0145. The van der Waals surface area contributed by atoms with Crippen molar-refractivity contribution in [1.82, 2.24) is 5.32 Å².